The van der Waals surface area contributed by atoms with Gasteiger partial charge in [-0.15, -0.1) is 0 Å². The second-order valence-electron chi connectivity index (χ2n) is 5.10. The lowest BCUT2D eigenvalue weighted by Crippen LogP contribution is -2.41. The Morgan fingerprint density at radius 3 is 2.76 bits per heavy atom. The molecule has 1 atom stereocenters. The van der Waals surface area contributed by atoms with Crippen molar-refractivity contribution < 1.29 is 18.3 Å². The minimum absolute atomic E-state index is 0.183. The molecule has 1 unspecified atom stereocenters. The summed E-state index contributed by atoms with van der Waals surface area (Å²) < 4.78 is 32.3. The number of sulfonamides is 1. The van der Waals surface area contributed by atoms with Crippen LogP contribution < -0.4 is 4.72 Å². The number of benzene rings is 1. The van der Waals surface area contributed by atoms with E-state index in [9.17, 15) is 13.5 Å². The highest BCUT2D eigenvalue weighted by Gasteiger charge is 2.16. The molecule has 118 valence electrons. The van der Waals surface area contributed by atoms with Crippen molar-refractivity contribution in [3.63, 3.8) is 0 Å². The zero-order valence-electron chi connectivity index (χ0n) is 12.2. The van der Waals surface area contributed by atoms with Gasteiger partial charge in [-0.3, -0.25) is 4.90 Å². The number of nitrogens with zero attached hydrogens (tertiary/aromatic N) is 1. The van der Waals surface area contributed by atoms with Gasteiger partial charge in [-0.1, -0.05) is 12.1 Å². The number of hydrogen-bond donors (Lipinski definition) is 2. The Balaban J connectivity index is 1.93. The number of nitrogens with one attached hydrogen (secondary N) is 1. The summed E-state index contributed by atoms with van der Waals surface area (Å²) in [4.78, 5) is 2.35. The first-order valence-corrected chi connectivity index (χ1v) is 8.55. The largest absolute Gasteiger partial charge is 0.389 e. The number of aliphatic hydroxyl groups is 1. The normalized spacial score (nSPS) is 18.6. The number of ether oxygens (including phenoxy) is 1. The number of aliphatic hydroxyl groups excluding tert-OH is 1. The quantitative estimate of drug-likeness (QED) is 0.792. The first-order chi connectivity index (χ1) is 9.99. The maximum absolute atomic E-state index is 12.2. The summed E-state index contributed by atoms with van der Waals surface area (Å²) in [6.45, 7) is 5.70. The Morgan fingerprint density at radius 1 is 1.38 bits per heavy atom. The molecule has 2 rings (SSSR count). The molecular weight excluding hydrogens is 292 g/mol. The average Bonchev–Trinajstić information content (AvgIpc) is 2.48. The van der Waals surface area contributed by atoms with Crippen molar-refractivity contribution in [1.82, 2.24) is 9.62 Å². The van der Waals surface area contributed by atoms with Gasteiger partial charge in [0.25, 0.3) is 0 Å². The molecule has 1 saturated heterocycles. The second-order valence-corrected chi connectivity index (χ2v) is 6.87. The molecule has 0 spiro atoms. The molecule has 2 N–H and O–H groups in total. The zero-order valence-corrected chi connectivity index (χ0v) is 13.0. The van der Waals surface area contributed by atoms with Gasteiger partial charge in [0, 0.05) is 26.2 Å². The van der Waals surface area contributed by atoms with Crippen LogP contribution in [-0.4, -0.2) is 57.8 Å². The molecule has 21 heavy (non-hydrogen) atoms. The van der Waals surface area contributed by atoms with E-state index in [-0.39, 0.29) is 4.90 Å². The molecule has 0 aliphatic carbocycles. The smallest absolute Gasteiger partial charge is 0.240 e. The third-order valence-electron chi connectivity index (χ3n) is 3.47. The highest BCUT2D eigenvalue weighted by atomic mass is 32.2. The number of morpholine rings is 1. The molecule has 0 aromatic heterocycles. The predicted octanol–water partition coefficient (Wildman–Crippen LogP) is 0.350. The molecule has 0 bridgehead atoms. The van der Waals surface area contributed by atoms with E-state index in [1.807, 2.05) is 0 Å². The van der Waals surface area contributed by atoms with Crippen molar-refractivity contribution in [1.29, 1.82) is 0 Å². The third-order valence-corrected chi connectivity index (χ3v) is 4.93. The molecule has 0 saturated carbocycles. The predicted molar refractivity (Wildman–Crippen MR) is 79.5 cm³/mol. The maximum Gasteiger partial charge on any atom is 0.240 e. The molecule has 6 nitrogen and oxygen atoms in total. The monoisotopic (exact) mass is 314 g/mol. The van der Waals surface area contributed by atoms with Gasteiger partial charge in [0.1, 0.15) is 0 Å². The maximum atomic E-state index is 12.2. The van der Waals surface area contributed by atoms with Crippen LogP contribution >= 0.6 is 0 Å². The molecule has 1 aliphatic heterocycles. The molecular formula is C14H22N2O4S. The summed E-state index contributed by atoms with van der Waals surface area (Å²) in [6, 6.07) is 6.38. The van der Waals surface area contributed by atoms with E-state index in [1.165, 1.54) is 12.1 Å². The average molecular weight is 314 g/mol. The van der Waals surface area contributed by atoms with Crippen LogP contribution in [0.3, 0.4) is 0 Å². The van der Waals surface area contributed by atoms with Crippen molar-refractivity contribution >= 4 is 10.0 Å². The van der Waals surface area contributed by atoms with Crippen molar-refractivity contribution in [3.8, 4) is 0 Å². The summed E-state index contributed by atoms with van der Waals surface area (Å²) >= 11 is 0. The van der Waals surface area contributed by atoms with Crippen LogP contribution in [0.15, 0.2) is 29.2 Å². The Hall–Kier alpha value is -0.990. The lowest BCUT2D eigenvalue weighted by molar-refractivity contribution is 0.0390. The summed E-state index contributed by atoms with van der Waals surface area (Å²) in [5.41, 5.74) is 0.589. The molecule has 1 aromatic carbocycles. The van der Waals surface area contributed by atoms with E-state index in [0.29, 0.717) is 31.9 Å². The lowest BCUT2D eigenvalue weighted by Gasteiger charge is -2.26. The van der Waals surface area contributed by atoms with Crippen molar-refractivity contribution in [2.75, 3.05) is 39.4 Å². The Kier molecular flexibility index (Phi) is 5.72. The van der Waals surface area contributed by atoms with Crippen LogP contribution in [0.5, 0.6) is 0 Å². The van der Waals surface area contributed by atoms with E-state index >= 15 is 0 Å². The lowest BCUT2D eigenvalue weighted by atomic mass is 10.1. The fourth-order valence-electron chi connectivity index (χ4n) is 2.19. The van der Waals surface area contributed by atoms with Gasteiger partial charge in [-0.25, -0.2) is 13.1 Å². The number of rotatable bonds is 6. The highest BCUT2D eigenvalue weighted by molar-refractivity contribution is 7.89. The second kappa shape index (κ2) is 7.33. The fraction of sp³-hybridized carbons (Fsp3) is 0.571. The van der Waals surface area contributed by atoms with E-state index in [4.69, 9.17) is 4.74 Å². The Morgan fingerprint density at radius 2 is 2.10 bits per heavy atom. The summed E-state index contributed by atoms with van der Waals surface area (Å²) in [7, 11) is -3.54. The molecule has 7 heteroatoms. The van der Waals surface area contributed by atoms with Crippen molar-refractivity contribution in [3.05, 3.63) is 29.8 Å². The zero-order chi connectivity index (χ0) is 15.3. The molecule has 1 aromatic rings. The van der Waals surface area contributed by atoms with Gasteiger partial charge in [0.05, 0.1) is 24.2 Å². The number of hydrogen-bond acceptors (Lipinski definition) is 5. The van der Waals surface area contributed by atoms with Gasteiger partial charge in [-0.05, 0) is 24.6 Å². The van der Waals surface area contributed by atoms with Gasteiger partial charge in [0.2, 0.25) is 10.0 Å². The van der Waals surface area contributed by atoms with Gasteiger partial charge >= 0.3 is 0 Å². The third kappa shape index (κ3) is 4.76. The molecule has 1 aliphatic rings. The standard InChI is InChI=1S/C14H22N2O4S/c1-12(17)13-3-2-4-14(11-13)21(18,19)15-5-6-16-7-9-20-10-8-16/h2-4,11-12,15,17H,5-10H2,1H3. The Bertz CT molecular complexity index is 554. The first-order valence-electron chi connectivity index (χ1n) is 7.07. The van der Waals surface area contributed by atoms with E-state index in [2.05, 4.69) is 9.62 Å². The van der Waals surface area contributed by atoms with Crippen LogP contribution in [0.1, 0.15) is 18.6 Å². The van der Waals surface area contributed by atoms with Gasteiger partial charge in [-0.2, -0.15) is 0 Å². The molecule has 0 amide bonds. The van der Waals surface area contributed by atoms with Crippen LogP contribution in [0.2, 0.25) is 0 Å². The van der Waals surface area contributed by atoms with Crippen molar-refractivity contribution in [2.24, 2.45) is 0 Å². The summed E-state index contributed by atoms with van der Waals surface area (Å²) in [5.74, 6) is 0. The van der Waals surface area contributed by atoms with Crippen LogP contribution in [0.25, 0.3) is 0 Å². The summed E-state index contributed by atoms with van der Waals surface area (Å²) in [5, 5.41) is 9.53. The van der Waals surface area contributed by atoms with Gasteiger partial charge in [0.15, 0.2) is 0 Å². The minimum Gasteiger partial charge on any atom is -0.389 e. The van der Waals surface area contributed by atoms with Crippen LogP contribution in [0.4, 0.5) is 0 Å². The minimum atomic E-state index is -3.54. The van der Waals surface area contributed by atoms with E-state index < -0.39 is 16.1 Å². The topological polar surface area (TPSA) is 78.9 Å². The SMILES string of the molecule is CC(O)c1cccc(S(=O)(=O)NCCN2CCOCC2)c1. The van der Waals surface area contributed by atoms with Crippen molar-refractivity contribution in [2.45, 2.75) is 17.9 Å². The fourth-order valence-corrected chi connectivity index (χ4v) is 3.26. The first kappa shape index (κ1) is 16.4. The Labute approximate surface area is 125 Å². The summed E-state index contributed by atoms with van der Waals surface area (Å²) in [6.07, 6.45) is -0.687. The van der Waals surface area contributed by atoms with E-state index in [0.717, 1.165) is 13.1 Å². The highest BCUT2D eigenvalue weighted by Crippen LogP contribution is 2.16. The molecule has 1 fully saturated rings. The van der Waals surface area contributed by atoms with Crippen LogP contribution in [-0.2, 0) is 14.8 Å². The molecule has 1 heterocycles. The molecule has 0 radical (unpaired) electrons. The van der Waals surface area contributed by atoms with Gasteiger partial charge < -0.3 is 9.84 Å². The van der Waals surface area contributed by atoms with Crippen LogP contribution in [0, 0.1) is 0 Å². The van der Waals surface area contributed by atoms with E-state index in [1.54, 1.807) is 19.1 Å².